The van der Waals surface area contributed by atoms with E-state index >= 15 is 0 Å². The van der Waals surface area contributed by atoms with Crippen LogP contribution in [0.5, 0.6) is 0 Å². The van der Waals surface area contributed by atoms with E-state index < -0.39 is 5.63 Å². The summed E-state index contributed by atoms with van der Waals surface area (Å²) in [5, 5.41) is 3.74. The third-order valence-electron chi connectivity index (χ3n) is 4.19. The Labute approximate surface area is 169 Å². The Hall–Kier alpha value is -2.93. The Morgan fingerprint density at radius 3 is 2.52 bits per heavy atom. The van der Waals surface area contributed by atoms with Gasteiger partial charge in [-0.15, -0.1) is 0 Å². The van der Waals surface area contributed by atoms with Gasteiger partial charge in [0.05, 0.1) is 11.1 Å². The number of anilines is 1. The lowest BCUT2D eigenvalue weighted by Gasteiger charge is -2.09. The van der Waals surface area contributed by atoms with E-state index in [1.165, 1.54) is 0 Å². The van der Waals surface area contributed by atoms with Crippen LogP contribution in [-0.4, -0.2) is 5.91 Å². The summed E-state index contributed by atoms with van der Waals surface area (Å²) in [6.45, 7) is 0. The molecule has 0 bridgehead atoms. The van der Waals surface area contributed by atoms with Crippen LogP contribution >= 0.6 is 22.6 Å². The van der Waals surface area contributed by atoms with Gasteiger partial charge < -0.3 is 9.73 Å². The Kier molecular flexibility index (Phi) is 4.77. The molecule has 0 radical (unpaired) electrons. The van der Waals surface area contributed by atoms with Crippen molar-refractivity contribution in [3.63, 3.8) is 0 Å². The molecule has 0 saturated heterocycles. The number of para-hydroxylation sites is 1. The monoisotopic (exact) mass is 467 g/mol. The first kappa shape index (κ1) is 17.5. The third kappa shape index (κ3) is 3.64. The average molecular weight is 467 g/mol. The molecule has 0 saturated carbocycles. The molecule has 3 aromatic carbocycles. The van der Waals surface area contributed by atoms with Gasteiger partial charge in [0.25, 0.3) is 5.91 Å². The lowest BCUT2D eigenvalue weighted by atomic mass is 10.1. The maximum Gasteiger partial charge on any atom is 0.344 e. The van der Waals surface area contributed by atoms with Crippen LogP contribution in [0.4, 0.5) is 5.69 Å². The standard InChI is InChI=1S/C22H14INO3/c23-19-10-3-2-9-17(19)21(25)24-16-8-5-7-14(12-16)18-13-15-6-1-4-11-20(15)27-22(18)26/h1-13H,(H,24,25). The largest absolute Gasteiger partial charge is 0.422 e. The first-order valence-electron chi connectivity index (χ1n) is 8.31. The van der Waals surface area contributed by atoms with Crippen LogP contribution in [0.3, 0.4) is 0 Å². The van der Waals surface area contributed by atoms with Crippen molar-refractivity contribution in [1.29, 1.82) is 0 Å². The Morgan fingerprint density at radius 2 is 1.67 bits per heavy atom. The summed E-state index contributed by atoms with van der Waals surface area (Å²) in [7, 11) is 0. The molecule has 4 nitrogen and oxygen atoms in total. The zero-order valence-corrected chi connectivity index (χ0v) is 16.3. The number of rotatable bonds is 3. The number of carbonyl (C=O) groups excluding carboxylic acids is 1. The number of carbonyl (C=O) groups is 1. The highest BCUT2D eigenvalue weighted by Crippen LogP contribution is 2.24. The second-order valence-corrected chi connectivity index (χ2v) is 7.16. The van der Waals surface area contributed by atoms with Crippen molar-refractivity contribution in [3.05, 3.63) is 98.4 Å². The maximum atomic E-state index is 12.5. The van der Waals surface area contributed by atoms with E-state index in [0.717, 1.165) is 8.96 Å². The molecule has 0 atom stereocenters. The van der Waals surface area contributed by atoms with Crippen molar-refractivity contribution in [3.8, 4) is 11.1 Å². The minimum atomic E-state index is -0.408. The van der Waals surface area contributed by atoms with Gasteiger partial charge in [-0.05, 0) is 64.6 Å². The number of nitrogens with one attached hydrogen (secondary N) is 1. The molecule has 1 heterocycles. The molecule has 4 rings (SSSR count). The molecule has 5 heteroatoms. The molecule has 0 aliphatic heterocycles. The molecule has 1 amide bonds. The Bertz CT molecular complexity index is 1210. The highest BCUT2D eigenvalue weighted by atomic mass is 127. The van der Waals surface area contributed by atoms with E-state index in [9.17, 15) is 9.59 Å². The van der Waals surface area contributed by atoms with Gasteiger partial charge in [0.2, 0.25) is 0 Å². The van der Waals surface area contributed by atoms with E-state index in [1.54, 1.807) is 30.3 Å². The van der Waals surface area contributed by atoms with Gasteiger partial charge in [0.15, 0.2) is 0 Å². The molecule has 1 aromatic heterocycles. The second-order valence-electron chi connectivity index (χ2n) is 6.00. The van der Waals surface area contributed by atoms with Crippen LogP contribution < -0.4 is 10.9 Å². The Balaban J connectivity index is 1.69. The van der Waals surface area contributed by atoms with Crippen LogP contribution in [0, 0.1) is 3.57 Å². The predicted octanol–water partition coefficient (Wildman–Crippen LogP) is 5.32. The summed E-state index contributed by atoms with van der Waals surface area (Å²) in [5.74, 6) is -0.192. The van der Waals surface area contributed by atoms with Crippen molar-refractivity contribution in [1.82, 2.24) is 0 Å². The molecule has 0 fully saturated rings. The summed E-state index contributed by atoms with van der Waals surface area (Å²) in [6, 6.07) is 23.7. The summed E-state index contributed by atoms with van der Waals surface area (Å²) < 4.78 is 6.28. The van der Waals surface area contributed by atoms with Crippen molar-refractivity contribution in [2.45, 2.75) is 0 Å². The molecule has 0 aliphatic carbocycles. The van der Waals surface area contributed by atoms with Gasteiger partial charge in [-0.3, -0.25) is 4.79 Å². The quantitative estimate of drug-likeness (QED) is 0.328. The van der Waals surface area contributed by atoms with Crippen LogP contribution in [0.1, 0.15) is 10.4 Å². The predicted molar refractivity (Wildman–Crippen MR) is 115 cm³/mol. The molecule has 27 heavy (non-hydrogen) atoms. The fourth-order valence-electron chi connectivity index (χ4n) is 2.87. The number of amides is 1. The summed E-state index contributed by atoms with van der Waals surface area (Å²) in [5.41, 5.74) is 2.51. The van der Waals surface area contributed by atoms with E-state index in [0.29, 0.717) is 28.0 Å². The SMILES string of the molecule is O=C(Nc1cccc(-c2cc3ccccc3oc2=O)c1)c1ccccc1I. The van der Waals surface area contributed by atoms with Gasteiger partial charge in [0.1, 0.15) is 5.58 Å². The zero-order valence-electron chi connectivity index (χ0n) is 14.1. The average Bonchev–Trinajstić information content (AvgIpc) is 2.68. The normalized spacial score (nSPS) is 10.7. The van der Waals surface area contributed by atoms with Crippen molar-refractivity contribution in [2.75, 3.05) is 5.32 Å². The third-order valence-corrected chi connectivity index (χ3v) is 5.13. The highest BCUT2D eigenvalue weighted by molar-refractivity contribution is 14.1. The smallest absolute Gasteiger partial charge is 0.344 e. The molecule has 1 N–H and O–H groups in total. The molecule has 132 valence electrons. The number of hydrogen-bond acceptors (Lipinski definition) is 3. The minimum absolute atomic E-state index is 0.192. The van der Waals surface area contributed by atoms with Gasteiger partial charge in [-0.25, -0.2) is 4.79 Å². The van der Waals surface area contributed by atoms with E-state index in [1.807, 2.05) is 48.5 Å². The molecule has 4 aromatic rings. The minimum Gasteiger partial charge on any atom is -0.422 e. The number of hydrogen-bond donors (Lipinski definition) is 1. The zero-order chi connectivity index (χ0) is 18.8. The topological polar surface area (TPSA) is 59.3 Å². The number of halogens is 1. The Morgan fingerprint density at radius 1 is 0.889 bits per heavy atom. The first-order chi connectivity index (χ1) is 13.1. The van der Waals surface area contributed by atoms with E-state index in [-0.39, 0.29) is 5.91 Å². The second kappa shape index (κ2) is 7.36. The summed E-state index contributed by atoms with van der Waals surface area (Å²) >= 11 is 2.13. The lowest BCUT2D eigenvalue weighted by molar-refractivity contribution is 0.102. The van der Waals surface area contributed by atoms with Gasteiger partial charge in [-0.1, -0.05) is 42.5 Å². The van der Waals surface area contributed by atoms with Crippen LogP contribution in [0.15, 0.2) is 88.1 Å². The molecule has 0 aliphatic rings. The molecule has 0 unspecified atom stereocenters. The number of fused-ring (bicyclic) bond motifs is 1. The summed E-state index contributed by atoms with van der Waals surface area (Å²) in [4.78, 5) is 24.9. The molecular weight excluding hydrogens is 453 g/mol. The van der Waals surface area contributed by atoms with E-state index in [4.69, 9.17) is 4.42 Å². The maximum absolute atomic E-state index is 12.5. The fourth-order valence-corrected chi connectivity index (χ4v) is 3.50. The van der Waals surface area contributed by atoms with Crippen molar-refractivity contribution >= 4 is 45.2 Å². The van der Waals surface area contributed by atoms with Gasteiger partial charge in [-0.2, -0.15) is 0 Å². The van der Waals surface area contributed by atoms with Crippen LogP contribution in [0.2, 0.25) is 0 Å². The fraction of sp³-hybridized carbons (Fsp3) is 0. The van der Waals surface area contributed by atoms with Crippen molar-refractivity contribution < 1.29 is 9.21 Å². The van der Waals surface area contributed by atoms with Gasteiger partial charge in [0, 0.05) is 14.6 Å². The van der Waals surface area contributed by atoms with Gasteiger partial charge >= 0.3 is 5.63 Å². The summed E-state index contributed by atoms with van der Waals surface area (Å²) in [6.07, 6.45) is 0. The molecule has 0 spiro atoms. The van der Waals surface area contributed by atoms with E-state index in [2.05, 4.69) is 27.9 Å². The number of benzene rings is 3. The lowest BCUT2D eigenvalue weighted by Crippen LogP contribution is -2.13. The van der Waals surface area contributed by atoms with Crippen LogP contribution in [0.25, 0.3) is 22.1 Å². The molecular formula is C22H14INO3. The first-order valence-corrected chi connectivity index (χ1v) is 9.39. The van der Waals surface area contributed by atoms with Crippen LogP contribution in [-0.2, 0) is 0 Å². The van der Waals surface area contributed by atoms with Crippen molar-refractivity contribution in [2.24, 2.45) is 0 Å². The highest BCUT2D eigenvalue weighted by Gasteiger charge is 2.12.